The van der Waals surface area contributed by atoms with E-state index in [9.17, 15) is 18.0 Å². The number of aromatic carboxylic acids is 1. The Balaban J connectivity index is 2.25. The fourth-order valence-electron chi connectivity index (χ4n) is 1.63. The van der Waals surface area contributed by atoms with Crippen molar-refractivity contribution in [3.05, 3.63) is 29.3 Å². The van der Waals surface area contributed by atoms with Gasteiger partial charge < -0.3 is 10.4 Å². The second-order valence-corrected chi connectivity index (χ2v) is 4.39. The fraction of sp³-hybridized carbons (Fsp3) is 0.417. The van der Waals surface area contributed by atoms with Crippen LogP contribution in [0.1, 0.15) is 28.8 Å². The third-order valence-corrected chi connectivity index (χ3v) is 2.86. The molecule has 0 amide bonds. The van der Waals surface area contributed by atoms with Gasteiger partial charge in [-0.2, -0.15) is 13.2 Å². The molecule has 0 spiro atoms. The molecule has 18 heavy (non-hydrogen) atoms. The second-order valence-electron chi connectivity index (χ2n) is 4.39. The third-order valence-electron chi connectivity index (χ3n) is 2.86. The number of carbonyl (C=O) groups is 1. The summed E-state index contributed by atoms with van der Waals surface area (Å²) in [5, 5.41) is 11.8. The molecule has 2 rings (SSSR count). The van der Waals surface area contributed by atoms with Gasteiger partial charge in [0.2, 0.25) is 0 Å². The summed E-state index contributed by atoms with van der Waals surface area (Å²) in [6.45, 7) is 0.603. The maximum Gasteiger partial charge on any atom is 0.416 e. The van der Waals surface area contributed by atoms with E-state index in [2.05, 4.69) is 5.32 Å². The molecule has 1 aliphatic rings. The number of hydrogen-bond acceptors (Lipinski definition) is 2. The van der Waals surface area contributed by atoms with Gasteiger partial charge >= 0.3 is 12.1 Å². The van der Waals surface area contributed by atoms with Gasteiger partial charge in [0, 0.05) is 12.2 Å². The molecule has 0 unspecified atom stereocenters. The number of alkyl halides is 3. The highest BCUT2D eigenvalue weighted by Crippen LogP contribution is 2.33. The van der Waals surface area contributed by atoms with Crippen LogP contribution in [0.3, 0.4) is 0 Å². The first-order chi connectivity index (χ1) is 8.38. The summed E-state index contributed by atoms with van der Waals surface area (Å²) in [6.07, 6.45) is -2.37. The van der Waals surface area contributed by atoms with E-state index in [1.165, 1.54) is 6.07 Å². The summed E-state index contributed by atoms with van der Waals surface area (Å²) in [5.41, 5.74) is -1.05. The van der Waals surface area contributed by atoms with Gasteiger partial charge in [-0.25, -0.2) is 4.79 Å². The van der Waals surface area contributed by atoms with Crippen molar-refractivity contribution in [1.29, 1.82) is 0 Å². The molecule has 1 aromatic carbocycles. The van der Waals surface area contributed by atoms with Crippen LogP contribution >= 0.6 is 0 Å². The second kappa shape index (κ2) is 4.51. The zero-order valence-corrected chi connectivity index (χ0v) is 9.42. The van der Waals surface area contributed by atoms with E-state index in [4.69, 9.17) is 5.11 Å². The van der Waals surface area contributed by atoms with Gasteiger partial charge in [0.05, 0.1) is 11.1 Å². The lowest BCUT2D eigenvalue weighted by Gasteiger charge is -2.12. The predicted octanol–water partition coefficient (Wildman–Crippen LogP) is 3.23. The minimum atomic E-state index is -4.53. The van der Waals surface area contributed by atoms with E-state index in [1.807, 2.05) is 0 Å². The number of carboxylic acid groups (broad SMARTS) is 1. The lowest BCUT2D eigenvalue weighted by Crippen LogP contribution is -2.12. The zero-order valence-electron chi connectivity index (χ0n) is 9.42. The van der Waals surface area contributed by atoms with Gasteiger partial charge in [0.1, 0.15) is 0 Å². The maximum absolute atomic E-state index is 12.5. The zero-order chi connectivity index (χ0) is 13.3. The Morgan fingerprint density at radius 1 is 1.39 bits per heavy atom. The molecular formula is C12H12F3NO2. The van der Waals surface area contributed by atoms with Crippen LogP contribution in [0.5, 0.6) is 0 Å². The highest BCUT2D eigenvalue weighted by molar-refractivity contribution is 5.94. The van der Waals surface area contributed by atoms with E-state index in [0.717, 1.165) is 18.9 Å². The Labute approximate surface area is 102 Å². The molecule has 0 radical (unpaired) electrons. The molecule has 0 aliphatic heterocycles. The van der Waals surface area contributed by atoms with Crippen molar-refractivity contribution in [1.82, 2.24) is 0 Å². The molecule has 0 aromatic heterocycles. The van der Waals surface area contributed by atoms with Gasteiger partial charge in [-0.1, -0.05) is 0 Å². The smallest absolute Gasteiger partial charge is 0.416 e. The number of nitrogens with one attached hydrogen (secondary N) is 1. The van der Waals surface area contributed by atoms with E-state index >= 15 is 0 Å². The van der Waals surface area contributed by atoms with Crippen LogP contribution in [0.2, 0.25) is 0 Å². The summed E-state index contributed by atoms with van der Waals surface area (Å²) in [6, 6.07) is 2.73. The van der Waals surface area contributed by atoms with Crippen molar-refractivity contribution in [2.45, 2.75) is 19.0 Å². The van der Waals surface area contributed by atoms with Crippen LogP contribution < -0.4 is 5.32 Å². The Kier molecular flexibility index (Phi) is 3.19. The molecule has 1 fully saturated rings. The summed E-state index contributed by atoms with van der Waals surface area (Å²) in [4.78, 5) is 11.0. The van der Waals surface area contributed by atoms with Crippen LogP contribution in [-0.4, -0.2) is 17.6 Å². The first kappa shape index (κ1) is 12.7. The fourth-order valence-corrected chi connectivity index (χ4v) is 1.63. The van der Waals surface area contributed by atoms with Crippen LogP contribution in [0.25, 0.3) is 0 Å². The van der Waals surface area contributed by atoms with E-state index in [-0.39, 0.29) is 11.3 Å². The number of hydrogen-bond donors (Lipinski definition) is 2. The van der Waals surface area contributed by atoms with Crippen molar-refractivity contribution >= 4 is 11.7 Å². The van der Waals surface area contributed by atoms with Crippen molar-refractivity contribution in [2.75, 3.05) is 11.9 Å². The highest BCUT2D eigenvalue weighted by atomic mass is 19.4. The molecule has 1 aromatic rings. The number of anilines is 1. The molecule has 0 saturated heterocycles. The molecule has 1 aliphatic carbocycles. The van der Waals surface area contributed by atoms with E-state index in [0.29, 0.717) is 18.5 Å². The van der Waals surface area contributed by atoms with Gasteiger partial charge in [-0.15, -0.1) is 0 Å². The quantitative estimate of drug-likeness (QED) is 0.872. The SMILES string of the molecule is O=C(O)c1cc(C(F)(F)F)ccc1NCC1CC1. The standard InChI is InChI=1S/C12H12F3NO2/c13-12(14,15)8-3-4-10(9(5-8)11(17)18)16-6-7-1-2-7/h3-5,7,16H,1-2,6H2,(H,17,18). The van der Waals surface area contributed by atoms with Gasteiger partial charge in [-0.05, 0) is 37.0 Å². The topological polar surface area (TPSA) is 49.3 Å². The van der Waals surface area contributed by atoms with Crippen LogP contribution in [0.15, 0.2) is 18.2 Å². The normalized spacial score (nSPS) is 15.5. The maximum atomic E-state index is 12.5. The first-order valence-electron chi connectivity index (χ1n) is 5.56. The van der Waals surface area contributed by atoms with Crippen molar-refractivity contribution < 1.29 is 23.1 Å². The molecule has 1 saturated carbocycles. The van der Waals surface area contributed by atoms with Gasteiger partial charge in [0.15, 0.2) is 0 Å². The van der Waals surface area contributed by atoms with Crippen LogP contribution in [0.4, 0.5) is 18.9 Å². The Bertz CT molecular complexity index is 467. The molecule has 2 N–H and O–H groups in total. The van der Waals surface area contributed by atoms with E-state index < -0.39 is 17.7 Å². The van der Waals surface area contributed by atoms with Crippen molar-refractivity contribution in [3.8, 4) is 0 Å². The monoisotopic (exact) mass is 259 g/mol. The van der Waals surface area contributed by atoms with Gasteiger partial charge in [-0.3, -0.25) is 0 Å². The number of rotatable bonds is 4. The average Bonchev–Trinajstić information content (AvgIpc) is 3.08. The summed E-state index contributed by atoms with van der Waals surface area (Å²) < 4.78 is 37.4. The molecule has 6 heteroatoms. The van der Waals surface area contributed by atoms with Crippen LogP contribution in [0, 0.1) is 5.92 Å². The molecule has 0 atom stereocenters. The molecule has 3 nitrogen and oxygen atoms in total. The highest BCUT2D eigenvalue weighted by Gasteiger charge is 2.32. The number of benzene rings is 1. The number of halogens is 3. The Morgan fingerprint density at radius 3 is 2.56 bits per heavy atom. The lowest BCUT2D eigenvalue weighted by molar-refractivity contribution is -0.137. The Morgan fingerprint density at radius 2 is 2.06 bits per heavy atom. The first-order valence-corrected chi connectivity index (χ1v) is 5.56. The molecule has 0 heterocycles. The molecule has 0 bridgehead atoms. The summed E-state index contributed by atoms with van der Waals surface area (Å²) in [5.74, 6) is -0.853. The van der Waals surface area contributed by atoms with Crippen molar-refractivity contribution in [3.63, 3.8) is 0 Å². The minimum Gasteiger partial charge on any atom is -0.478 e. The Hall–Kier alpha value is -1.72. The predicted molar refractivity (Wildman–Crippen MR) is 59.6 cm³/mol. The van der Waals surface area contributed by atoms with Crippen molar-refractivity contribution in [2.24, 2.45) is 5.92 Å². The third kappa shape index (κ3) is 2.94. The lowest BCUT2D eigenvalue weighted by atomic mass is 10.1. The summed E-state index contributed by atoms with van der Waals surface area (Å²) >= 11 is 0. The van der Waals surface area contributed by atoms with E-state index in [1.54, 1.807) is 0 Å². The average molecular weight is 259 g/mol. The van der Waals surface area contributed by atoms with Gasteiger partial charge in [0.25, 0.3) is 0 Å². The summed E-state index contributed by atoms with van der Waals surface area (Å²) in [7, 11) is 0. The van der Waals surface area contributed by atoms with Crippen LogP contribution in [-0.2, 0) is 6.18 Å². The molecule has 98 valence electrons. The number of carboxylic acids is 1. The minimum absolute atomic E-state index is 0.238. The molecular weight excluding hydrogens is 247 g/mol. The largest absolute Gasteiger partial charge is 0.478 e.